The van der Waals surface area contributed by atoms with Crippen molar-refractivity contribution in [3.63, 3.8) is 0 Å². The van der Waals surface area contributed by atoms with Gasteiger partial charge < -0.3 is 4.42 Å². The van der Waals surface area contributed by atoms with Crippen molar-refractivity contribution < 1.29 is 4.42 Å². The number of hydrogen-bond acceptors (Lipinski definition) is 3. The molecule has 0 bridgehead atoms. The monoisotopic (exact) mass is 577 g/mol. The van der Waals surface area contributed by atoms with E-state index in [1.54, 1.807) is 0 Å². The van der Waals surface area contributed by atoms with Crippen LogP contribution < -0.4 is 0 Å². The summed E-state index contributed by atoms with van der Waals surface area (Å²) in [5, 5.41) is 5.65. The van der Waals surface area contributed by atoms with Crippen LogP contribution in [0.4, 0.5) is 0 Å². The maximum Gasteiger partial charge on any atom is 0.235 e. The summed E-state index contributed by atoms with van der Waals surface area (Å²) < 4.78 is 9.13. The first-order valence-electron chi connectivity index (χ1n) is 15.4. The van der Waals surface area contributed by atoms with Crippen molar-refractivity contribution in [3.8, 4) is 28.3 Å². The van der Waals surface area contributed by atoms with Crippen LogP contribution in [0.15, 0.2) is 132 Å². The van der Waals surface area contributed by atoms with Crippen molar-refractivity contribution in [3.05, 3.63) is 139 Å². The minimum Gasteiger partial charge on any atom is -0.455 e. The van der Waals surface area contributed by atoms with E-state index in [-0.39, 0.29) is 5.41 Å². The molecule has 4 nitrogen and oxygen atoms in total. The zero-order chi connectivity index (χ0) is 29.9. The van der Waals surface area contributed by atoms with E-state index in [1.807, 2.05) is 6.07 Å². The molecule has 45 heavy (non-hydrogen) atoms. The number of para-hydroxylation sites is 3. The zero-order valence-corrected chi connectivity index (χ0v) is 24.9. The molecule has 1 aliphatic rings. The third-order valence-corrected chi connectivity index (χ3v) is 9.77. The second kappa shape index (κ2) is 8.67. The van der Waals surface area contributed by atoms with Gasteiger partial charge >= 0.3 is 0 Å². The van der Waals surface area contributed by atoms with Crippen LogP contribution in [0.1, 0.15) is 25.0 Å². The molecule has 0 saturated heterocycles. The van der Waals surface area contributed by atoms with Gasteiger partial charge in [-0.15, -0.1) is 0 Å². The van der Waals surface area contributed by atoms with Gasteiger partial charge in [0.25, 0.3) is 0 Å². The van der Waals surface area contributed by atoms with E-state index in [0.29, 0.717) is 5.95 Å². The lowest BCUT2D eigenvalue weighted by atomic mass is 9.81. The van der Waals surface area contributed by atoms with E-state index >= 15 is 0 Å². The Morgan fingerprint density at radius 2 is 1.31 bits per heavy atom. The molecule has 1 aliphatic carbocycles. The van der Waals surface area contributed by atoms with Crippen LogP contribution in [0.25, 0.3) is 83.0 Å². The van der Waals surface area contributed by atoms with Crippen molar-refractivity contribution in [1.82, 2.24) is 14.5 Å². The van der Waals surface area contributed by atoms with Gasteiger partial charge in [0.2, 0.25) is 5.95 Å². The van der Waals surface area contributed by atoms with E-state index in [9.17, 15) is 0 Å². The smallest absolute Gasteiger partial charge is 0.235 e. The summed E-state index contributed by atoms with van der Waals surface area (Å²) in [4.78, 5) is 10.7. The molecule has 0 unspecified atom stereocenters. The highest BCUT2D eigenvalue weighted by atomic mass is 16.3. The number of nitrogens with zero attached hydrogens (tertiary/aromatic N) is 3. The molecule has 4 heteroatoms. The standard InChI is InChI=1S/C41H27N3O/c1-41(2)29-20-10-6-16-25(29)35-36(41)38-33(34-28-19-9-13-23-32(28)45-39(34)35)27-18-8-12-22-31(27)44(38)40-42-30-21-11-7-17-26(30)37(43-40)24-14-4-3-5-15-24/h3-23H,1-2H3. The fourth-order valence-electron chi connectivity index (χ4n) is 7.87. The Hall–Kier alpha value is -5.74. The predicted molar refractivity (Wildman–Crippen MR) is 184 cm³/mol. The first-order valence-corrected chi connectivity index (χ1v) is 15.4. The number of rotatable bonds is 2. The molecule has 3 heterocycles. The van der Waals surface area contributed by atoms with Gasteiger partial charge in [0.1, 0.15) is 11.2 Å². The molecule has 212 valence electrons. The SMILES string of the molecule is CC1(C)c2ccccc2-c2c1c1c(c3ccccc3n1-c1nc(-c3ccccc3)c3ccccc3n1)c1c2oc2ccccc21. The van der Waals surface area contributed by atoms with E-state index in [4.69, 9.17) is 14.4 Å². The molecule has 10 rings (SSSR count). The van der Waals surface area contributed by atoms with Gasteiger partial charge in [-0.05, 0) is 34.9 Å². The highest BCUT2D eigenvalue weighted by Gasteiger charge is 2.41. The molecule has 0 amide bonds. The van der Waals surface area contributed by atoms with Crippen molar-refractivity contribution in [1.29, 1.82) is 0 Å². The molecule has 9 aromatic rings. The van der Waals surface area contributed by atoms with E-state index in [1.165, 1.54) is 27.6 Å². The van der Waals surface area contributed by atoms with E-state index in [0.717, 1.165) is 60.5 Å². The first kappa shape index (κ1) is 24.7. The van der Waals surface area contributed by atoms with Crippen molar-refractivity contribution in [2.75, 3.05) is 0 Å². The molecule has 0 atom stereocenters. The summed E-state index contributed by atoms with van der Waals surface area (Å²) >= 11 is 0. The minimum atomic E-state index is -0.289. The number of benzene rings is 6. The predicted octanol–water partition coefficient (Wildman–Crippen LogP) is 10.6. The van der Waals surface area contributed by atoms with Crippen LogP contribution in [0, 0.1) is 0 Å². The Morgan fingerprint density at radius 1 is 0.622 bits per heavy atom. The molecule has 0 N–H and O–H groups in total. The van der Waals surface area contributed by atoms with Crippen LogP contribution in [0.5, 0.6) is 0 Å². The van der Waals surface area contributed by atoms with Crippen LogP contribution in [-0.4, -0.2) is 14.5 Å². The number of aromatic nitrogens is 3. The van der Waals surface area contributed by atoms with Gasteiger partial charge in [-0.1, -0.05) is 123 Å². The summed E-state index contributed by atoms with van der Waals surface area (Å²) in [5.74, 6) is 0.667. The third-order valence-electron chi connectivity index (χ3n) is 9.77. The summed E-state index contributed by atoms with van der Waals surface area (Å²) in [5.41, 5.74) is 11.6. The maximum atomic E-state index is 6.81. The first-order chi connectivity index (χ1) is 22.1. The van der Waals surface area contributed by atoms with Crippen LogP contribution in [0.2, 0.25) is 0 Å². The van der Waals surface area contributed by atoms with Crippen molar-refractivity contribution >= 4 is 54.6 Å². The lowest BCUT2D eigenvalue weighted by Gasteiger charge is -2.23. The Kier molecular flexibility index (Phi) is 4.76. The maximum absolute atomic E-state index is 6.81. The Bertz CT molecular complexity index is 2680. The largest absolute Gasteiger partial charge is 0.455 e. The summed E-state index contributed by atoms with van der Waals surface area (Å²) in [6, 6.07) is 44.7. The van der Waals surface area contributed by atoms with E-state index in [2.05, 4.69) is 140 Å². The average Bonchev–Trinajstić information content (AvgIpc) is 3.70. The molecular formula is C41H27N3O. The molecule has 0 spiro atoms. The molecule has 3 aromatic heterocycles. The van der Waals surface area contributed by atoms with Crippen LogP contribution >= 0.6 is 0 Å². The van der Waals surface area contributed by atoms with Gasteiger partial charge in [-0.25, -0.2) is 9.97 Å². The third kappa shape index (κ3) is 3.16. The van der Waals surface area contributed by atoms with Gasteiger partial charge in [0.05, 0.1) is 22.2 Å². The summed E-state index contributed by atoms with van der Waals surface area (Å²) in [7, 11) is 0. The summed E-state index contributed by atoms with van der Waals surface area (Å²) in [6.07, 6.45) is 0. The second-order valence-electron chi connectivity index (χ2n) is 12.6. The summed E-state index contributed by atoms with van der Waals surface area (Å²) in [6.45, 7) is 4.68. The van der Waals surface area contributed by atoms with Gasteiger partial charge in [-0.2, -0.15) is 0 Å². The molecule has 0 aliphatic heterocycles. The highest BCUT2D eigenvalue weighted by Crippen LogP contribution is 2.57. The number of furan rings is 1. The van der Waals surface area contributed by atoms with Gasteiger partial charge in [0.15, 0.2) is 0 Å². The van der Waals surface area contributed by atoms with Gasteiger partial charge in [-0.3, -0.25) is 4.57 Å². The fourth-order valence-corrected chi connectivity index (χ4v) is 7.87. The molecule has 6 aromatic carbocycles. The number of fused-ring (bicyclic) bond motifs is 13. The molecule has 0 radical (unpaired) electrons. The zero-order valence-electron chi connectivity index (χ0n) is 24.9. The topological polar surface area (TPSA) is 43.9 Å². The highest BCUT2D eigenvalue weighted by molar-refractivity contribution is 6.31. The lowest BCUT2D eigenvalue weighted by molar-refractivity contribution is 0.656. The molecule has 0 fully saturated rings. The average molecular weight is 578 g/mol. The van der Waals surface area contributed by atoms with Crippen molar-refractivity contribution in [2.24, 2.45) is 0 Å². The molecular weight excluding hydrogens is 550 g/mol. The fraction of sp³-hybridized carbons (Fsp3) is 0.0732. The number of hydrogen-bond donors (Lipinski definition) is 0. The second-order valence-corrected chi connectivity index (χ2v) is 12.6. The molecule has 0 saturated carbocycles. The Labute approximate surface area is 259 Å². The minimum absolute atomic E-state index is 0.289. The quantitative estimate of drug-likeness (QED) is 0.205. The van der Waals surface area contributed by atoms with Crippen LogP contribution in [0.3, 0.4) is 0 Å². The van der Waals surface area contributed by atoms with Gasteiger partial charge in [0, 0.05) is 43.5 Å². The Balaban J connectivity index is 1.47. The lowest BCUT2D eigenvalue weighted by Crippen LogP contribution is -2.17. The van der Waals surface area contributed by atoms with E-state index < -0.39 is 0 Å². The normalized spacial score (nSPS) is 13.7. The van der Waals surface area contributed by atoms with Crippen molar-refractivity contribution in [2.45, 2.75) is 19.3 Å². The Morgan fingerprint density at radius 3 is 2.18 bits per heavy atom. The van der Waals surface area contributed by atoms with Crippen LogP contribution in [-0.2, 0) is 5.41 Å².